The summed E-state index contributed by atoms with van der Waals surface area (Å²) in [4.78, 5) is 4.36. The molecule has 0 radical (unpaired) electrons. The van der Waals surface area contributed by atoms with Gasteiger partial charge >= 0.3 is 0 Å². The van der Waals surface area contributed by atoms with E-state index in [2.05, 4.69) is 40.8 Å². The van der Waals surface area contributed by atoms with Crippen LogP contribution < -0.4 is 10.1 Å². The van der Waals surface area contributed by atoms with Gasteiger partial charge in [-0.3, -0.25) is 0 Å². The predicted octanol–water partition coefficient (Wildman–Crippen LogP) is 2.78. The van der Waals surface area contributed by atoms with Crippen molar-refractivity contribution in [2.24, 2.45) is 0 Å². The molecule has 0 saturated carbocycles. The lowest BCUT2D eigenvalue weighted by Gasteiger charge is -2.21. The number of ether oxygens (including phenoxy) is 1. The number of imidazole rings is 1. The minimum atomic E-state index is 0.192. The van der Waals surface area contributed by atoms with Gasteiger partial charge in [0.15, 0.2) is 0 Å². The number of likely N-dealkylation sites (N-methyl/N-ethyl adjacent to an activating group) is 1. The number of rotatable bonds is 5. The van der Waals surface area contributed by atoms with Gasteiger partial charge < -0.3 is 14.6 Å². The second-order valence-electron chi connectivity index (χ2n) is 5.15. The smallest absolute Gasteiger partial charge is 0.123 e. The van der Waals surface area contributed by atoms with Crippen molar-refractivity contribution in [1.29, 1.82) is 0 Å². The van der Waals surface area contributed by atoms with E-state index in [0.717, 1.165) is 18.0 Å². The topological polar surface area (TPSA) is 39.1 Å². The number of hydrogen-bond donors (Lipinski definition) is 1. The van der Waals surface area contributed by atoms with Crippen LogP contribution in [0.2, 0.25) is 0 Å². The zero-order valence-corrected chi connectivity index (χ0v) is 12.9. The summed E-state index contributed by atoms with van der Waals surface area (Å²) in [6, 6.07) is 6.47. The Morgan fingerprint density at radius 3 is 2.60 bits per heavy atom. The van der Waals surface area contributed by atoms with Gasteiger partial charge in [-0.05, 0) is 33.9 Å². The molecule has 108 valence electrons. The van der Waals surface area contributed by atoms with Crippen LogP contribution in [0.25, 0.3) is 0 Å². The predicted molar refractivity (Wildman–Crippen MR) is 81.2 cm³/mol. The molecular formula is C16H23N3O. The highest BCUT2D eigenvalue weighted by molar-refractivity contribution is 5.39. The Bertz CT molecular complexity index is 589. The van der Waals surface area contributed by atoms with Gasteiger partial charge in [-0.2, -0.15) is 0 Å². The number of aromatic nitrogens is 2. The largest absolute Gasteiger partial charge is 0.496 e. The molecule has 1 unspecified atom stereocenters. The standard InChI is InChI=1S/C16H23N3O/c1-11-6-7-16(20-5)14(8-11)15(17-4)9-19-10-18-12(2)13(19)3/h6-8,10,15,17H,9H2,1-5H3. The first kappa shape index (κ1) is 14.6. The number of nitrogens with zero attached hydrogens (tertiary/aromatic N) is 2. The van der Waals surface area contributed by atoms with E-state index < -0.39 is 0 Å². The third kappa shape index (κ3) is 2.85. The molecule has 4 heteroatoms. The van der Waals surface area contributed by atoms with Gasteiger partial charge in [0.1, 0.15) is 5.75 Å². The fourth-order valence-electron chi connectivity index (χ4n) is 2.40. The van der Waals surface area contributed by atoms with Crippen LogP contribution in [0.3, 0.4) is 0 Å². The lowest BCUT2D eigenvalue weighted by atomic mass is 10.0. The van der Waals surface area contributed by atoms with E-state index in [4.69, 9.17) is 4.74 Å². The van der Waals surface area contributed by atoms with E-state index in [1.54, 1.807) is 7.11 Å². The zero-order valence-electron chi connectivity index (χ0n) is 12.9. The lowest BCUT2D eigenvalue weighted by molar-refractivity contribution is 0.394. The first-order valence-electron chi connectivity index (χ1n) is 6.87. The van der Waals surface area contributed by atoms with Gasteiger partial charge in [0, 0.05) is 17.8 Å². The molecule has 2 aromatic rings. The summed E-state index contributed by atoms with van der Waals surface area (Å²) in [5.74, 6) is 0.921. The number of nitrogens with one attached hydrogen (secondary N) is 1. The molecule has 20 heavy (non-hydrogen) atoms. The van der Waals surface area contributed by atoms with Gasteiger partial charge in [-0.1, -0.05) is 17.7 Å². The molecule has 0 aliphatic carbocycles. The summed E-state index contributed by atoms with van der Waals surface area (Å²) < 4.78 is 7.67. The normalized spacial score (nSPS) is 12.4. The minimum absolute atomic E-state index is 0.192. The maximum Gasteiger partial charge on any atom is 0.123 e. The average molecular weight is 273 g/mol. The third-order valence-corrected chi connectivity index (χ3v) is 3.83. The van der Waals surface area contributed by atoms with Crippen LogP contribution in [-0.2, 0) is 6.54 Å². The summed E-state index contributed by atoms with van der Waals surface area (Å²) in [6.07, 6.45) is 1.90. The molecule has 4 nitrogen and oxygen atoms in total. The summed E-state index contributed by atoms with van der Waals surface area (Å²) in [7, 11) is 3.69. The van der Waals surface area contributed by atoms with Crippen LogP contribution in [0.15, 0.2) is 24.5 Å². The van der Waals surface area contributed by atoms with Crippen LogP contribution in [0, 0.1) is 20.8 Å². The molecule has 1 aromatic heterocycles. The number of benzene rings is 1. The van der Waals surface area contributed by atoms with Crippen molar-refractivity contribution in [3.63, 3.8) is 0 Å². The van der Waals surface area contributed by atoms with E-state index in [-0.39, 0.29) is 6.04 Å². The van der Waals surface area contributed by atoms with Gasteiger partial charge in [0.05, 0.1) is 25.2 Å². The molecule has 1 aromatic carbocycles. The Hall–Kier alpha value is -1.81. The molecule has 2 rings (SSSR count). The molecule has 0 aliphatic heterocycles. The van der Waals surface area contributed by atoms with Crippen molar-refractivity contribution < 1.29 is 4.74 Å². The molecule has 0 amide bonds. The number of aryl methyl sites for hydroxylation is 2. The summed E-state index contributed by atoms with van der Waals surface area (Å²) >= 11 is 0. The third-order valence-electron chi connectivity index (χ3n) is 3.83. The fraction of sp³-hybridized carbons (Fsp3) is 0.438. The van der Waals surface area contributed by atoms with Crippen molar-refractivity contribution in [2.45, 2.75) is 33.4 Å². The van der Waals surface area contributed by atoms with Crippen LogP contribution >= 0.6 is 0 Å². The minimum Gasteiger partial charge on any atom is -0.496 e. The second kappa shape index (κ2) is 6.09. The molecule has 1 N–H and O–H groups in total. The first-order chi connectivity index (χ1) is 9.56. The molecule has 0 spiro atoms. The van der Waals surface area contributed by atoms with Gasteiger partial charge in [0.2, 0.25) is 0 Å². The molecular weight excluding hydrogens is 250 g/mol. The molecule has 1 heterocycles. The van der Waals surface area contributed by atoms with Crippen molar-refractivity contribution in [2.75, 3.05) is 14.2 Å². The van der Waals surface area contributed by atoms with Crippen LogP contribution in [0.5, 0.6) is 5.75 Å². The molecule has 0 bridgehead atoms. The van der Waals surface area contributed by atoms with Gasteiger partial charge in [-0.25, -0.2) is 4.98 Å². The second-order valence-corrected chi connectivity index (χ2v) is 5.15. The van der Waals surface area contributed by atoms with Crippen LogP contribution in [-0.4, -0.2) is 23.7 Å². The Labute approximate surface area is 120 Å². The van der Waals surface area contributed by atoms with Crippen molar-refractivity contribution in [1.82, 2.24) is 14.9 Å². The highest BCUT2D eigenvalue weighted by Crippen LogP contribution is 2.27. The van der Waals surface area contributed by atoms with Crippen molar-refractivity contribution >= 4 is 0 Å². The highest BCUT2D eigenvalue weighted by atomic mass is 16.5. The number of hydrogen-bond acceptors (Lipinski definition) is 3. The monoisotopic (exact) mass is 273 g/mol. The summed E-state index contributed by atoms with van der Waals surface area (Å²) in [5, 5.41) is 3.38. The first-order valence-corrected chi connectivity index (χ1v) is 6.87. The van der Waals surface area contributed by atoms with Crippen LogP contribution in [0.1, 0.15) is 28.6 Å². The van der Waals surface area contributed by atoms with Crippen LogP contribution in [0.4, 0.5) is 0 Å². The maximum atomic E-state index is 5.49. The summed E-state index contributed by atoms with van der Waals surface area (Å²) in [6.45, 7) is 7.07. The molecule has 1 atom stereocenters. The van der Waals surface area contributed by atoms with E-state index in [0.29, 0.717) is 0 Å². The Morgan fingerprint density at radius 1 is 1.30 bits per heavy atom. The van der Waals surface area contributed by atoms with E-state index in [9.17, 15) is 0 Å². The zero-order chi connectivity index (χ0) is 14.7. The maximum absolute atomic E-state index is 5.49. The lowest BCUT2D eigenvalue weighted by Crippen LogP contribution is -2.23. The SMILES string of the molecule is CNC(Cn1cnc(C)c1C)c1cc(C)ccc1OC. The van der Waals surface area contributed by atoms with Crippen molar-refractivity contribution in [3.8, 4) is 5.75 Å². The summed E-state index contributed by atoms with van der Waals surface area (Å²) in [5.41, 5.74) is 4.70. The van der Waals surface area contributed by atoms with Gasteiger partial charge in [-0.15, -0.1) is 0 Å². The Balaban J connectivity index is 2.33. The highest BCUT2D eigenvalue weighted by Gasteiger charge is 2.16. The van der Waals surface area contributed by atoms with Gasteiger partial charge in [0.25, 0.3) is 0 Å². The Morgan fingerprint density at radius 2 is 2.05 bits per heavy atom. The molecule has 0 saturated heterocycles. The van der Waals surface area contributed by atoms with E-state index in [1.807, 2.05) is 26.4 Å². The van der Waals surface area contributed by atoms with Crippen molar-refractivity contribution in [3.05, 3.63) is 47.0 Å². The van der Waals surface area contributed by atoms with E-state index >= 15 is 0 Å². The number of methoxy groups -OCH3 is 1. The molecule has 0 fully saturated rings. The average Bonchev–Trinajstić information content (AvgIpc) is 2.76. The van der Waals surface area contributed by atoms with E-state index in [1.165, 1.54) is 16.8 Å². The quantitative estimate of drug-likeness (QED) is 0.910. The Kier molecular flexibility index (Phi) is 4.45. The fourth-order valence-corrected chi connectivity index (χ4v) is 2.40. The molecule has 0 aliphatic rings.